The van der Waals surface area contributed by atoms with Crippen molar-refractivity contribution in [3.8, 4) is 11.5 Å². The topological polar surface area (TPSA) is 117 Å². The first kappa shape index (κ1) is 30.4. The molecule has 0 bridgehead atoms. The number of aromatic nitrogens is 3. The highest BCUT2D eigenvalue weighted by atomic mass is 32.1. The van der Waals surface area contributed by atoms with E-state index in [1.807, 2.05) is 12.1 Å². The largest absolute Gasteiger partial charge is 0.493 e. The van der Waals surface area contributed by atoms with Gasteiger partial charge in [-0.3, -0.25) is 0 Å². The number of piperazine rings is 1. The van der Waals surface area contributed by atoms with Crippen molar-refractivity contribution in [1.82, 2.24) is 24.8 Å². The third-order valence-electron chi connectivity index (χ3n) is 7.44. The highest BCUT2D eigenvalue weighted by molar-refractivity contribution is 7.22. The van der Waals surface area contributed by atoms with E-state index in [9.17, 15) is 13.6 Å². The van der Waals surface area contributed by atoms with E-state index in [0.717, 1.165) is 61.4 Å². The van der Waals surface area contributed by atoms with E-state index in [4.69, 9.17) is 9.47 Å². The van der Waals surface area contributed by atoms with Gasteiger partial charge in [0.05, 0.1) is 35.1 Å². The number of likely N-dealkylation sites (N-methyl/N-ethyl adjacent to an activating group) is 1. The summed E-state index contributed by atoms with van der Waals surface area (Å²) in [7, 11) is 3.75. The molecule has 234 valence electrons. The zero-order chi connectivity index (χ0) is 31.3. The van der Waals surface area contributed by atoms with E-state index < -0.39 is 17.7 Å². The van der Waals surface area contributed by atoms with Crippen LogP contribution < -0.4 is 25.4 Å². The van der Waals surface area contributed by atoms with E-state index in [2.05, 4.69) is 47.7 Å². The Labute approximate surface area is 262 Å². The predicted octanol–water partition coefficient (Wildman–Crippen LogP) is 5.93. The standard InChI is InChI=1S/C31H32F2N8O3S/c1-40-9-11-41(12-10-40)8-3-13-44-27-17-25-21(16-26(27)43-2)29(35-18-34-25)39-31-38-24-7-5-20(15-28(24)45-31)36-30(42)37-23-6-4-19(32)14-22(23)33/h4-7,14-18H,3,8-13H2,1-2H3,(H2,36,37,42)(H,34,35,38,39). The van der Waals surface area contributed by atoms with Crippen LogP contribution in [0.2, 0.25) is 0 Å². The van der Waals surface area contributed by atoms with Gasteiger partial charge in [0.1, 0.15) is 23.8 Å². The van der Waals surface area contributed by atoms with Crippen molar-refractivity contribution in [3.63, 3.8) is 0 Å². The summed E-state index contributed by atoms with van der Waals surface area (Å²) in [5.74, 6) is 0.166. The number of carbonyl (C=O) groups excluding carboxylic acids is 1. The number of carbonyl (C=O) groups is 1. The SMILES string of the molecule is COc1cc2c(Nc3nc4ccc(NC(=O)Nc5ccc(F)cc5F)cc4s3)ncnc2cc1OCCCN1CCN(C)CC1. The Hall–Kier alpha value is -4.66. The minimum atomic E-state index is -0.867. The second kappa shape index (κ2) is 13.5. The lowest BCUT2D eigenvalue weighted by molar-refractivity contribution is 0.145. The van der Waals surface area contributed by atoms with Crippen molar-refractivity contribution in [2.45, 2.75) is 6.42 Å². The van der Waals surface area contributed by atoms with Crippen LogP contribution in [0.1, 0.15) is 6.42 Å². The molecule has 0 saturated carbocycles. The number of anilines is 4. The monoisotopic (exact) mass is 634 g/mol. The summed E-state index contributed by atoms with van der Waals surface area (Å²) in [6, 6.07) is 11.2. The van der Waals surface area contributed by atoms with E-state index in [0.29, 0.717) is 51.8 Å². The molecular formula is C31H32F2N8O3S. The number of thiazole rings is 1. The van der Waals surface area contributed by atoms with Gasteiger partial charge in [-0.2, -0.15) is 0 Å². The summed E-state index contributed by atoms with van der Waals surface area (Å²) >= 11 is 1.37. The van der Waals surface area contributed by atoms with E-state index in [-0.39, 0.29) is 5.69 Å². The molecule has 6 rings (SSSR count). The van der Waals surface area contributed by atoms with Crippen LogP contribution in [-0.4, -0.2) is 84.3 Å². The number of nitrogens with zero attached hydrogens (tertiary/aromatic N) is 5. The van der Waals surface area contributed by atoms with Gasteiger partial charge < -0.3 is 35.2 Å². The minimum absolute atomic E-state index is 0.132. The van der Waals surface area contributed by atoms with Crippen LogP contribution in [0.4, 0.5) is 35.9 Å². The Morgan fingerprint density at radius 3 is 2.62 bits per heavy atom. The van der Waals surface area contributed by atoms with Crippen LogP contribution >= 0.6 is 11.3 Å². The third kappa shape index (κ3) is 7.36. The molecule has 1 saturated heterocycles. The fourth-order valence-corrected chi connectivity index (χ4v) is 5.91. The summed E-state index contributed by atoms with van der Waals surface area (Å²) in [4.78, 5) is 30.7. The zero-order valence-electron chi connectivity index (χ0n) is 24.8. The van der Waals surface area contributed by atoms with E-state index in [1.165, 1.54) is 17.7 Å². The molecule has 3 N–H and O–H groups in total. The highest BCUT2D eigenvalue weighted by Gasteiger charge is 2.16. The maximum atomic E-state index is 13.9. The Kier molecular flexibility index (Phi) is 9.14. The molecule has 0 unspecified atom stereocenters. The number of amides is 2. The Bertz CT molecular complexity index is 1830. The van der Waals surface area contributed by atoms with Crippen LogP contribution in [0.25, 0.3) is 21.1 Å². The number of methoxy groups -OCH3 is 1. The maximum Gasteiger partial charge on any atom is 0.323 e. The van der Waals surface area contributed by atoms with Crippen LogP contribution in [0.15, 0.2) is 54.9 Å². The fourth-order valence-electron chi connectivity index (χ4n) is 5.01. The number of benzene rings is 3. The quantitative estimate of drug-likeness (QED) is 0.161. The summed E-state index contributed by atoms with van der Waals surface area (Å²) in [5.41, 5.74) is 1.75. The third-order valence-corrected chi connectivity index (χ3v) is 8.38. The van der Waals surface area contributed by atoms with Crippen molar-refractivity contribution in [3.05, 3.63) is 66.5 Å². The van der Waals surface area contributed by atoms with Crippen molar-refractivity contribution in [2.75, 3.05) is 69.4 Å². The molecule has 3 aromatic carbocycles. The van der Waals surface area contributed by atoms with Gasteiger partial charge in [0.25, 0.3) is 0 Å². The molecule has 2 amide bonds. The molecule has 0 spiro atoms. The van der Waals surface area contributed by atoms with Gasteiger partial charge in [-0.1, -0.05) is 11.3 Å². The smallest absolute Gasteiger partial charge is 0.323 e. The van der Waals surface area contributed by atoms with Gasteiger partial charge in [-0.05, 0) is 49.9 Å². The average molecular weight is 635 g/mol. The maximum absolute atomic E-state index is 13.9. The van der Waals surface area contributed by atoms with Crippen molar-refractivity contribution >= 4 is 60.8 Å². The molecule has 14 heteroatoms. The molecule has 1 aliphatic rings. The van der Waals surface area contributed by atoms with Crippen LogP contribution in [-0.2, 0) is 0 Å². The first-order valence-electron chi connectivity index (χ1n) is 14.4. The molecule has 0 aliphatic carbocycles. The molecular weight excluding hydrogens is 602 g/mol. The second-order valence-electron chi connectivity index (χ2n) is 10.6. The predicted molar refractivity (Wildman–Crippen MR) is 172 cm³/mol. The van der Waals surface area contributed by atoms with E-state index >= 15 is 0 Å². The molecule has 2 aromatic heterocycles. The molecule has 5 aromatic rings. The molecule has 0 radical (unpaired) electrons. The summed E-state index contributed by atoms with van der Waals surface area (Å²) in [6.45, 7) is 5.89. The average Bonchev–Trinajstić information content (AvgIpc) is 3.43. The molecule has 0 atom stereocenters. The fraction of sp³-hybridized carbons (Fsp3) is 0.290. The first-order valence-corrected chi connectivity index (χ1v) is 15.2. The Morgan fingerprint density at radius 2 is 1.82 bits per heavy atom. The van der Waals surface area contributed by atoms with Gasteiger partial charge in [0, 0.05) is 55.9 Å². The second-order valence-corrected chi connectivity index (χ2v) is 11.6. The van der Waals surface area contributed by atoms with Gasteiger partial charge in [0.2, 0.25) is 0 Å². The molecule has 1 fully saturated rings. The number of urea groups is 1. The number of nitrogens with one attached hydrogen (secondary N) is 3. The number of fused-ring (bicyclic) bond motifs is 2. The van der Waals surface area contributed by atoms with Gasteiger partial charge in [-0.15, -0.1) is 0 Å². The highest BCUT2D eigenvalue weighted by Crippen LogP contribution is 2.36. The summed E-state index contributed by atoms with van der Waals surface area (Å²) < 4.78 is 39.6. The van der Waals surface area contributed by atoms with Gasteiger partial charge in [0.15, 0.2) is 16.6 Å². The van der Waals surface area contributed by atoms with Crippen LogP contribution in [0.5, 0.6) is 11.5 Å². The van der Waals surface area contributed by atoms with Crippen molar-refractivity contribution < 1.29 is 23.0 Å². The Balaban J connectivity index is 1.12. The van der Waals surface area contributed by atoms with Crippen molar-refractivity contribution in [1.29, 1.82) is 0 Å². The Morgan fingerprint density at radius 1 is 0.978 bits per heavy atom. The van der Waals surface area contributed by atoms with Gasteiger partial charge >= 0.3 is 6.03 Å². The molecule has 11 nitrogen and oxygen atoms in total. The molecule has 45 heavy (non-hydrogen) atoms. The van der Waals surface area contributed by atoms with Crippen LogP contribution in [0, 0.1) is 11.6 Å². The minimum Gasteiger partial charge on any atom is -0.493 e. The summed E-state index contributed by atoms with van der Waals surface area (Å²) in [6.07, 6.45) is 2.39. The lowest BCUT2D eigenvalue weighted by Crippen LogP contribution is -2.44. The first-order chi connectivity index (χ1) is 21.8. The summed E-state index contributed by atoms with van der Waals surface area (Å²) in [5, 5.41) is 9.65. The normalized spacial score (nSPS) is 14.0. The lowest BCUT2D eigenvalue weighted by Gasteiger charge is -2.32. The van der Waals surface area contributed by atoms with E-state index in [1.54, 1.807) is 25.3 Å². The number of ether oxygens (including phenoxy) is 2. The number of hydrogen-bond donors (Lipinski definition) is 3. The number of rotatable bonds is 10. The number of halogens is 2. The molecule has 3 heterocycles. The van der Waals surface area contributed by atoms with Crippen molar-refractivity contribution in [2.24, 2.45) is 0 Å². The molecule has 1 aliphatic heterocycles. The van der Waals surface area contributed by atoms with Crippen LogP contribution in [0.3, 0.4) is 0 Å². The lowest BCUT2D eigenvalue weighted by atomic mass is 10.2. The number of hydrogen-bond acceptors (Lipinski definition) is 10. The zero-order valence-corrected chi connectivity index (χ0v) is 25.6. The van der Waals surface area contributed by atoms with Gasteiger partial charge in [-0.25, -0.2) is 28.5 Å².